The summed E-state index contributed by atoms with van der Waals surface area (Å²) in [5.41, 5.74) is 0.919. The molecular weight excluding hydrogens is 276 g/mol. The Bertz CT molecular complexity index is 616. The van der Waals surface area contributed by atoms with Gasteiger partial charge >= 0.3 is 0 Å². The maximum Gasteiger partial charge on any atom is 0.274 e. The lowest BCUT2D eigenvalue weighted by Crippen LogP contribution is -2.16. The molecule has 2 N–H and O–H groups in total. The Morgan fingerprint density at radius 1 is 1.25 bits per heavy atom. The van der Waals surface area contributed by atoms with Gasteiger partial charge in [0.1, 0.15) is 17.8 Å². The second-order valence-electron chi connectivity index (χ2n) is 4.55. The zero-order chi connectivity index (χ0) is 14.5. The third kappa shape index (κ3) is 3.93. The molecule has 0 atom stereocenters. The van der Waals surface area contributed by atoms with Gasteiger partial charge in [0.15, 0.2) is 0 Å². The molecule has 0 unspecified atom stereocenters. The van der Waals surface area contributed by atoms with Crippen LogP contribution in [0.15, 0.2) is 36.7 Å². The van der Waals surface area contributed by atoms with Crippen molar-refractivity contribution in [2.45, 2.75) is 19.9 Å². The number of amides is 1. The summed E-state index contributed by atoms with van der Waals surface area (Å²) in [6, 6.07) is 8.79. The molecule has 0 bridgehead atoms. The number of anilines is 2. The van der Waals surface area contributed by atoms with E-state index in [1.807, 2.05) is 13.8 Å². The van der Waals surface area contributed by atoms with Crippen LogP contribution in [0.25, 0.3) is 0 Å². The molecule has 6 heteroatoms. The van der Waals surface area contributed by atoms with Crippen LogP contribution in [-0.2, 0) is 0 Å². The lowest BCUT2D eigenvalue weighted by molar-refractivity contribution is 0.102. The van der Waals surface area contributed by atoms with E-state index in [0.29, 0.717) is 22.2 Å². The lowest BCUT2D eigenvalue weighted by atomic mass is 10.3. The van der Waals surface area contributed by atoms with Gasteiger partial charge in [-0.15, -0.1) is 0 Å². The number of rotatable bonds is 4. The summed E-state index contributed by atoms with van der Waals surface area (Å²) in [7, 11) is 0. The van der Waals surface area contributed by atoms with Gasteiger partial charge in [0.25, 0.3) is 5.91 Å². The van der Waals surface area contributed by atoms with Crippen LogP contribution >= 0.6 is 11.6 Å². The first kappa shape index (κ1) is 14.3. The van der Waals surface area contributed by atoms with Gasteiger partial charge in [0.2, 0.25) is 0 Å². The molecule has 0 aliphatic rings. The van der Waals surface area contributed by atoms with Crippen molar-refractivity contribution < 1.29 is 4.79 Å². The molecule has 0 radical (unpaired) electrons. The van der Waals surface area contributed by atoms with Crippen LogP contribution in [-0.4, -0.2) is 21.9 Å². The number of carbonyl (C=O) groups excluding carboxylic acids is 1. The van der Waals surface area contributed by atoms with Crippen LogP contribution in [0.2, 0.25) is 5.02 Å². The van der Waals surface area contributed by atoms with Crippen molar-refractivity contribution in [3.8, 4) is 0 Å². The first-order chi connectivity index (χ1) is 9.54. The topological polar surface area (TPSA) is 66.9 Å². The van der Waals surface area contributed by atoms with Crippen molar-refractivity contribution in [3.05, 3.63) is 47.4 Å². The van der Waals surface area contributed by atoms with Gasteiger partial charge in [-0.05, 0) is 32.0 Å². The van der Waals surface area contributed by atoms with Gasteiger partial charge in [0, 0.05) is 22.8 Å². The minimum atomic E-state index is -0.304. The van der Waals surface area contributed by atoms with Gasteiger partial charge < -0.3 is 10.6 Å². The van der Waals surface area contributed by atoms with E-state index in [4.69, 9.17) is 11.6 Å². The van der Waals surface area contributed by atoms with Crippen molar-refractivity contribution in [3.63, 3.8) is 0 Å². The molecular formula is C14H15ClN4O. The van der Waals surface area contributed by atoms with E-state index >= 15 is 0 Å². The molecule has 0 saturated carbocycles. The van der Waals surface area contributed by atoms with Gasteiger partial charge in [0.05, 0.1) is 0 Å². The zero-order valence-electron chi connectivity index (χ0n) is 11.2. The fourth-order valence-electron chi connectivity index (χ4n) is 1.62. The van der Waals surface area contributed by atoms with Crippen molar-refractivity contribution in [2.75, 3.05) is 10.6 Å². The third-order valence-corrected chi connectivity index (χ3v) is 2.65. The predicted molar refractivity (Wildman–Crippen MR) is 80.2 cm³/mol. The van der Waals surface area contributed by atoms with Crippen LogP contribution in [0.1, 0.15) is 24.3 Å². The van der Waals surface area contributed by atoms with E-state index in [9.17, 15) is 4.79 Å². The van der Waals surface area contributed by atoms with Crippen molar-refractivity contribution in [1.29, 1.82) is 0 Å². The molecule has 0 aliphatic heterocycles. The summed E-state index contributed by atoms with van der Waals surface area (Å²) >= 11 is 5.87. The van der Waals surface area contributed by atoms with Crippen LogP contribution in [0.4, 0.5) is 11.5 Å². The van der Waals surface area contributed by atoms with Crippen molar-refractivity contribution >= 4 is 29.0 Å². The summed E-state index contributed by atoms with van der Waals surface area (Å²) in [4.78, 5) is 20.1. The number of hydrogen-bond acceptors (Lipinski definition) is 4. The highest BCUT2D eigenvalue weighted by Crippen LogP contribution is 2.16. The molecule has 20 heavy (non-hydrogen) atoms. The molecule has 2 rings (SSSR count). The van der Waals surface area contributed by atoms with Gasteiger partial charge in [-0.3, -0.25) is 4.79 Å². The summed E-state index contributed by atoms with van der Waals surface area (Å²) in [6.07, 6.45) is 1.36. The van der Waals surface area contributed by atoms with Gasteiger partial charge in [-0.1, -0.05) is 17.7 Å². The highest BCUT2D eigenvalue weighted by atomic mass is 35.5. The Balaban J connectivity index is 2.13. The van der Waals surface area contributed by atoms with Crippen LogP contribution < -0.4 is 10.6 Å². The Labute approximate surface area is 122 Å². The minimum absolute atomic E-state index is 0.230. The van der Waals surface area contributed by atoms with Gasteiger partial charge in [-0.25, -0.2) is 9.97 Å². The van der Waals surface area contributed by atoms with Crippen LogP contribution in [0.3, 0.4) is 0 Å². The Morgan fingerprint density at radius 2 is 2.05 bits per heavy atom. The van der Waals surface area contributed by atoms with E-state index in [1.54, 1.807) is 30.3 Å². The SMILES string of the molecule is CC(C)Nc1cc(C(=O)Nc2cccc(Cl)c2)ncn1. The number of nitrogens with zero attached hydrogens (tertiary/aromatic N) is 2. The Morgan fingerprint density at radius 3 is 2.75 bits per heavy atom. The average molecular weight is 291 g/mol. The fourth-order valence-corrected chi connectivity index (χ4v) is 1.81. The molecule has 0 fully saturated rings. The van der Waals surface area contributed by atoms with Gasteiger partial charge in [-0.2, -0.15) is 0 Å². The molecule has 1 aromatic heterocycles. The predicted octanol–water partition coefficient (Wildman–Crippen LogP) is 3.20. The number of aromatic nitrogens is 2. The van der Waals surface area contributed by atoms with Crippen molar-refractivity contribution in [2.24, 2.45) is 0 Å². The molecule has 0 spiro atoms. The molecule has 1 aromatic carbocycles. The first-order valence-electron chi connectivity index (χ1n) is 6.20. The number of nitrogens with one attached hydrogen (secondary N) is 2. The quantitative estimate of drug-likeness (QED) is 0.907. The van der Waals surface area contributed by atoms with Crippen LogP contribution in [0.5, 0.6) is 0 Å². The first-order valence-corrected chi connectivity index (χ1v) is 6.58. The molecule has 104 valence electrons. The maximum atomic E-state index is 12.1. The lowest BCUT2D eigenvalue weighted by Gasteiger charge is -2.10. The maximum absolute atomic E-state index is 12.1. The fraction of sp³-hybridized carbons (Fsp3) is 0.214. The second-order valence-corrected chi connectivity index (χ2v) is 4.99. The zero-order valence-corrected chi connectivity index (χ0v) is 12.0. The van der Waals surface area contributed by atoms with E-state index in [0.717, 1.165) is 0 Å². The Hall–Kier alpha value is -2.14. The summed E-state index contributed by atoms with van der Waals surface area (Å²) in [5, 5.41) is 6.42. The molecule has 1 amide bonds. The second kappa shape index (κ2) is 6.34. The van der Waals surface area contributed by atoms with Crippen LogP contribution in [0, 0.1) is 0 Å². The number of benzene rings is 1. The van der Waals surface area contributed by atoms with Crippen molar-refractivity contribution in [1.82, 2.24) is 9.97 Å². The van der Waals surface area contributed by atoms with E-state index < -0.39 is 0 Å². The number of halogens is 1. The largest absolute Gasteiger partial charge is 0.368 e. The smallest absolute Gasteiger partial charge is 0.274 e. The third-order valence-electron chi connectivity index (χ3n) is 2.42. The molecule has 0 aliphatic carbocycles. The summed E-state index contributed by atoms with van der Waals surface area (Å²) < 4.78 is 0. The number of carbonyl (C=O) groups is 1. The molecule has 1 heterocycles. The van der Waals surface area contributed by atoms with E-state index in [2.05, 4.69) is 20.6 Å². The highest BCUT2D eigenvalue weighted by Gasteiger charge is 2.09. The monoisotopic (exact) mass is 290 g/mol. The van der Waals surface area contributed by atoms with E-state index in [-0.39, 0.29) is 11.9 Å². The summed E-state index contributed by atoms with van der Waals surface area (Å²) in [5.74, 6) is 0.313. The highest BCUT2D eigenvalue weighted by molar-refractivity contribution is 6.30. The Kier molecular flexibility index (Phi) is 4.53. The molecule has 5 nitrogen and oxygen atoms in total. The minimum Gasteiger partial charge on any atom is -0.368 e. The normalized spacial score (nSPS) is 10.4. The average Bonchev–Trinajstić information content (AvgIpc) is 2.38. The van der Waals surface area contributed by atoms with E-state index in [1.165, 1.54) is 6.33 Å². The summed E-state index contributed by atoms with van der Waals surface area (Å²) in [6.45, 7) is 3.99. The molecule has 2 aromatic rings. The molecule has 0 saturated heterocycles. The number of hydrogen-bond donors (Lipinski definition) is 2. The standard InChI is InChI=1S/C14H15ClN4O/c1-9(2)18-13-7-12(16-8-17-13)14(20)19-11-5-3-4-10(15)6-11/h3-9H,1-2H3,(H,19,20)(H,16,17,18).